The second kappa shape index (κ2) is 5.63. The summed E-state index contributed by atoms with van der Waals surface area (Å²) >= 11 is 5.53. The summed E-state index contributed by atoms with van der Waals surface area (Å²) in [6, 6.07) is 0. The molecule has 2 rings (SSSR count). The highest BCUT2D eigenvalue weighted by atomic mass is 79.9. The summed E-state index contributed by atoms with van der Waals surface area (Å²) in [5, 5.41) is 0. The molecule has 0 spiro atoms. The fourth-order valence-electron chi connectivity index (χ4n) is 1.91. The molecule has 1 aromatic rings. The molecule has 7 heteroatoms. The number of nitrogens with zero attached hydrogens (tertiary/aromatic N) is 3. The average Bonchev–Trinajstić information content (AvgIpc) is 2.51. The Morgan fingerprint density at radius 2 is 2.22 bits per heavy atom. The Bertz CT molecular complexity index is 426. The first-order chi connectivity index (χ1) is 8.53. The predicted molar refractivity (Wildman–Crippen MR) is 80.9 cm³/mol. The fraction of sp³-hybridized carbons (Fsp3) is 0.636. The van der Waals surface area contributed by atoms with Gasteiger partial charge in [0.2, 0.25) is 0 Å². The number of anilines is 2. The molecule has 0 bridgehead atoms. The van der Waals surface area contributed by atoms with E-state index >= 15 is 0 Å². The second-order valence-corrected chi connectivity index (χ2v) is 7.44. The van der Waals surface area contributed by atoms with Gasteiger partial charge in [-0.3, -0.25) is 0 Å². The number of nitrogens with one attached hydrogen (secondary N) is 1. The summed E-state index contributed by atoms with van der Waals surface area (Å²) in [7, 11) is 0. The van der Waals surface area contributed by atoms with E-state index in [1.54, 1.807) is 6.33 Å². The molecule has 1 saturated heterocycles. The van der Waals surface area contributed by atoms with Crippen molar-refractivity contribution in [3.05, 3.63) is 10.8 Å². The molecule has 1 aliphatic rings. The lowest BCUT2D eigenvalue weighted by Gasteiger charge is -2.24. The van der Waals surface area contributed by atoms with Crippen molar-refractivity contribution in [2.24, 2.45) is 5.84 Å². The number of halogens is 1. The van der Waals surface area contributed by atoms with Crippen LogP contribution in [-0.4, -0.2) is 33.6 Å². The van der Waals surface area contributed by atoms with Gasteiger partial charge in [-0.2, -0.15) is 11.8 Å². The number of hydrogen-bond acceptors (Lipinski definition) is 6. The minimum Gasteiger partial charge on any atom is -0.355 e. The molecule has 0 atom stereocenters. The zero-order chi connectivity index (χ0) is 13.2. The van der Waals surface area contributed by atoms with Gasteiger partial charge < -0.3 is 10.3 Å². The van der Waals surface area contributed by atoms with E-state index in [-0.39, 0.29) is 0 Å². The third kappa shape index (κ3) is 3.07. The van der Waals surface area contributed by atoms with Crippen molar-refractivity contribution in [3.63, 3.8) is 0 Å². The molecular weight excluding hydrogens is 314 g/mol. The van der Waals surface area contributed by atoms with Gasteiger partial charge in [-0.15, -0.1) is 0 Å². The number of hydrazine groups is 1. The molecule has 5 nitrogen and oxygen atoms in total. The summed E-state index contributed by atoms with van der Waals surface area (Å²) in [6.07, 6.45) is 2.68. The first-order valence-corrected chi connectivity index (χ1v) is 7.67. The van der Waals surface area contributed by atoms with E-state index < -0.39 is 0 Å². The molecule has 100 valence electrons. The van der Waals surface area contributed by atoms with Gasteiger partial charge in [0.25, 0.3) is 0 Å². The van der Waals surface area contributed by atoms with E-state index in [0.717, 1.165) is 35.6 Å². The summed E-state index contributed by atoms with van der Waals surface area (Å²) in [5.74, 6) is 8.07. The van der Waals surface area contributed by atoms with Crippen LogP contribution in [0.4, 0.5) is 11.6 Å². The SMILES string of the molecule is CC1(C)CCN(c2ncnc(NN)c2Br)CCS1. The van der Waals surface area contributed by atoms with Gasteiger partial charge in [0.1, 0.15) is 16.6 Å². The summed E-state index contributed by atoms with van der Waals surface area (Å²) in [5.41, 5.74) is 2.58. The standard InChI is InChI=1S/C11H18BrN5S/c1-11(2)3-4-17(5-6-18-11)10-8(12)9(16-13)14-7-15-10/h7H,3-6,13H2,1-2H3,(H,14,15,16). The Labute approximate surface area is 120 Å². The highest BCUT2D eigenvalue weighted by Gasteiger charge is 2.25. The quantitative estimate of drug-likeness (QED) is 0.640. The van der Waals surface area contributed by atoms with E-state index in [1.165, 1.54) is 0 Å². The van der Waals surface area contributed by atoms with Crippen LogP contribution in [0.5, 0.6) is 0 Å². The zero-order valence-electron chi connectivity index (χ0n) is 10.6. The van der Waals surface area contributed by atoms with Crippen LogP contribution in [0.1, 0.15) is 20.3 Å². The molecule has 0 aliphatic carbocycles. The van der Waals surface area contributed by atoms with Crippen LogP contribution < -0.4 is 16.2 Å². The summed E-state index contributed by atoms with van der Waals surface area (Å²) in [4.78, 5) is 10.7. The minimum atomic E-state index is 0.337. The molecule has 2 heterocycles. The molecule has 18 heavy (non-hydrogen) atoms. The summed E-state index contributed by atoms with van der Waals surface area (Å²) < 4.78 is 1.17. The lowest BCUT2D eigenvalue weighted by molar-refractivity contribution is 0.634. The molecule has 0 saturated carbocycles. The molecule has 1 fully saturated rings. The molecule has 1 aliphatic heterocycles. The second-order valence-electron chi connectivity index (χ2n) is 4.85. The lowest BCUT2D eigenvalue weighted by Crippen LogP contribution is -2.28. The smallest absolute Gasteiger partial charge is 0.159 e. The third-order valence-corrected chi connectivity index (χ3v) is 5.15. The summed E-state index contributed by atoms with van der Waals surface area (Å²) in [6.45, 7) is 6.58. The molecule has 3 N–H and O–H groups in total. The van der Waals surface area contributed by atoms with Crippen molar-refractivity contribution in [2.75, 3.05) is 29.2 Å². The van der Waals surface area contributed by atoms with Gasteiger partial charge in [-0.1, -0.05) is 13.8 Å². The first kappa shape index (κ1) is 13.9. The number of nitrogens with two attached hydrogens (primary N) is 1. The van der Waals surface area contributed by atoms with Crippen LogP contribution in [0.2, 0.25) is 0 Å². The van der Waals surface area contributed by atoms with Crippen molar-refractivity contribution >= 4 is 39.3 Å². The number of thioether (sulfide) groups is 1. The Morgan fingerprint density at radius 1 is 1.44 bits per heavy atom. The molecule has 0 aromatic carbocycles. The zero-order valence-corrected chi connectivity index (χ0v) is 13.0. The maximum absolute atomic E-state index is 5.43. The van der Waals surface area contributed by atoms with E-state index in [0.29, 0.717) is 10.6 Å². The largest absolute Gasteiger partial charge is 0.355 e. The molecule has 0 unspecified atom stereocenters. The van der Waals surface area contributed by atoms with E-state index in [2.05, 4.69) is 50.1 Å². The Morgan fingerprint density at radius 3 is 2.94 bits per heavy atom. The molecule has 0 amide bonds. The fourth-order valence-corrected chi connectivity index (χ4v) is 3.58. The lowest BCUT2D eigenvalue weighted by atomic mass is 10.1. The third-order valence-electron chi connectivity index (χ3n) is 3.05. The first-order valence-electron chi connectivity index (χ1n) is 5.89. The monoisotopic (exact) mass is 331 g/mol. The van der Waals surface area contributed by atoms with E-state index in [4.69, 9.17) is 5.84 Å². The van der Waals surface area contributed by atoms with Gasteiger partial charge >= 0.3 is 0 Å². The van der Waals surface area contributed by atoms with Crippen molar-refractivity contribution in [1.82, 2.24) is 9.97 Å². The Kier molecular flexibility index (Phi) is 4.34. The maximum Gasteiger partial charge on any atom is 0.159 e. The van der Waals surface area contributed by atoms with E-state index in [9.17, 15) is 0 Å². The number of hydrogen-bond donors (Lipinski definition) is 2. The topological polar surface area (TPSA) is 67.1 Å². The van der Waals surface area contributed by atoms with Crippen molar-refractivity contribution < 1.29 is 0 Å². The minimum absolute atomic E-state index is 0.337. The highest BCUT2D eigenvalue weighted by Crippen LogP contribution is 2.35. The molecule has 1 aromatic heterocycles. The van der Waals surface area contributed by atoms with Crippen LogP contribution >= 0.6 is 27.7 Å². The normalized spacial score (nSPS) is 19.4. The van der Waals surface area contributed by atoms with Crippen LogP contribution in [0, 0.1) is 0 Å². The number of aromatic nitrogens is 2. The Hall–Kier alpha value is -0.530. The average molecular weight is 332 g/mol. The number of nitrogen functional groups attached to an aromatic ring is 1. The van der Waals surface area contributed by atoms with Crippen LogP contribution in [0.15, 0.2) is 10.8 Å². The van der Waals surface area contributed by atoms with Gasteiger partial charge in [-0.25, -0.2) is 15.8 Å². The Balaban J connectivity index is 2.21. The van der Waals surface area contributed by atoms with Crippen LogP contribution in [0.25, 0.3) is 0 Å². The van der Waals surface area contributed by atoms with Gasteiger partial charge in [0, 0.05) is 23.6 Å². The molecule has 0 radical (unpaired) electrons. The van der Waals surface area contributed by atoms with Gasteiger partial charge in [-0.05, 0) is 22.4 Å². The predicted octanol–water partition coefficient (Wildman–Crippen LogP) is 2.25. The van der Waals surface area contributed by atoms with Gasteiger partial charge in [0.15, 0.2) is 5.82 Å². The van der Waals surface area contributed by atoms with Crippen molar-refractivity contribution in [2.45, 2.75) is 25.0 Å². The number of rotatable bonds is 2. The van der Waals surface area contributed by atoms with Crippen LogP contribution in [-0.2, 0) is 0 Å². The van der Waals surface area contributed by atoms with Crippen molar-refractivity contribution in [1.29, 1.82) is 0 Å². The van der Waals surface area contributed by atoms with E-state index in [1.807, 2.05) is 11.8 Å². The van der Waals surface area contributed by atoms with Gasteiger partial charge in [0.05, 0.1) is 0 Å². The van der Waals surface area contributed by atoms with Crippen molar-refractivity contribution in [3.8, 4) is 0 Å². The molecular formula is C11H18BrN5S. The van der Waals surface area contributed by atoms with Crippen LogP contribution in [0.3, 0.4) is 0 Å². The maximum atomic E-state index is 5.43. The highest BCUT2D eigenvalue weighted by molar-refractivity contribution is 9.10.